The molecule has 1 aromatic carbocycles. The summed E-state index contributed by atoms with van der Waals surface area (Å²) in [7, 11) is 0. The Kier molecular flexibility index (Phi) is 4.76. The maximum absolute atomic E-state index is 12.6. The van der Waals surface area contributed by atoms with E-state index in [1.807, 2.05) is 6.92 Å². The highest BCUT2D eigenvalue weighted by atomic mass is 19.4. The van der Waals surface area contributed by atoms with Crippen LogP contribution in [0.25, 0.3) is 0 Å². The molecule has 0 fully saturated rings. The Morgan fingerprint density at radius 1 is 1.33 bits per heavy atom. The summed E-state index contributed by atoms with van der Waals surface area (Å²) in [6, 6.07) is 3.46. The number of hydrogen-bond donors (Lipinski definition) is 0. The van der Waals surface area contributed by atoms with Crippen LogP contribution >= 0.6 is 0 Å². The predicted molar refractivity (Wildman–Crippen MR) is 61.4 cm³/mol. The molecule has 1 aromatic rings. The maximum atomic E-state index is 12.6. The number of halogens is 3. The van der Waals surface area contributed by atoms with Crippen LogP contribution in [-0.4, -0.2) is 12.6 Å². The Bertz CT molecular complexity index is 425. The molecule has 100 valence electrons. The largest absolute Gasteiger partial charge is 0.462 e. The summed E-state index contributed by atoms with van der Waals surface area (Å²) in [6.07, 6.45) is -2.90. The van der Waals surface area contributed by atoms with Gasteiger partial charge in [-0.25, -0.2) is 4.79 Å². The molecule has 0 heterocycles. The second-order valence-corrected chi connectivity index (χ2v) is 4.02. The first kappa shape index (κ1) is 14.5. The van der Waals surface area contributed by atoms with Crippen molar-refractivity contribution in [3.8, 4) is 0 Å². The number of ether oxygens (including phenoxy) is 1. The Balaban J connectivity index is 2.88. The number of rotatable bonds is 4. The smallest absolute Gasteiger partial charge is 0.416 e. The summed E-state index contributed by atoms with van der Waals surface area (Å²) in [5.41, 5.74) is -0.774. The van der Waals surface area contributed by atoms with Crippen LogP contribution in [0.2, 0.25) is 0 Å². The van der Waals surface area contributed by atoms with E-state index >= 15 is 0 Å². The van der Waals surface area contributed by atoms with Gasteiger partial charge in [0.25, 0.3) is 0 Å². The minimum atomic E-state index is -4.45. The van der Waals surface area contributed by atoms with Gasteiger partial charge in [-0.3, -0.25) is 0 Å². The molecule has 2 nitrogen and oxygen atoms in total. The summed E-state index contributed by atoms with van der Waals surface area (Å²) >= 11 is 0. The highest BCUT2D eigenvalue weighted by Crippen LogP contribution is 2.32. The Labute approximate surface area is 104 Å². The minimum absolute atomic E-state index is 0.0657. The second kappa shape index (κ2) is 5.89. The summed E-state index contributed by atoms with van der Waals surface area (Å²) in [6.45, 7) is 3.51. The van der Waals surface area contributed by atoms with Crippen LogP contribution in [0.15, 0.2) is 18.2 Å². The standard InChI is InChI=1S/C13H15F3O2/c1-3-4-7-18-12(17)10-6-5-9(2)11(8-10)13(14,15)16/h5-6,8H,3-4,7H2,1-2H3. The van der Waals surface area contributed by atoms with Crippen molar-refractivity contribution in [2.45, 2.75) is 32.9 Å². The van der Waals surface area contributed by atoms with E-state index in [4.69, 9.17) is 4.74 Å². The van der Waals surface area contributed by atoms with Gasteiger partial charge in [-0.15, -0.1) is 0 Å². The Morgan fingerprint density at radius 2 is 2.00 bits per heavy atom. The van der Waals surface area contributed by atoms with Gasteiger partial charge in [-0.2, -0.15) is 13.2 Å². The molecule has 1 rings (SSSR count). The highest BCUT2D eigenvalue weighted by Gasteiger charge is 2.33. The zero-order valence-corrected chi connectivity index (χ0v) is 10.3. The van der Waals surface area contributed by atoms with Crippen molar-refractivity contribution in [2.24, 2.45) is 0 Å². The molecule has 0 unspecified atom stereocenters. The number of aryl methyl sites for hydroxylation is 1. The topological polar surface area (TPSA) is 26.3 Å². The summed E-state index contributed by atoms with van der Waals surface area (Å²) in [4.78, 5) is 11.5. The first-order valence-electron chi connectivity index (χ1n) is 5.71. The van der Waals surface area contributed by atoms with Crippen molar-refractivity contribution in [3.05, 3.63) is 34.9 Å². The molecule has 0 aliphatic heterocycles. The molecule has 18 heavy (non-hydrogen) atoms. The van der Waals surface area contributed by atoms with E-state index in [2.05, 4.69) is 0 Å². The lowest BCUT2D eigenvalue weighted by atomic mass is 10.0. The molecular weight excluding hydrogens is 245 g/mol. The molecule has 0 aliphatic rings. The van der Waals surface area contributed by atoms with Crippen LogP contribution in [0.4, 0.5) is 13.2 Å². The normalized spacial score (nSPS) is 11.4. The number of esters is 1. The van der Waals surface area contributed by atoms with E-state index in [1.54, 1.807) is 0 Å². The third-order valence-electron chi connectivity index (χ3n) is 2.51. The second-order valence-electron chi connectivity index (χ2n) is 4.02. The van der Waals surface area contributed by atoms with Crippen molar-refractivity contribution >= 4 is 5.97 Å². The molecule has 0 aliphatic carbocycles. The van der Waals surface area contributed by atoms with Crippen LogP contribution in [0.3, 0.4) is 0 Å². The highest BCUT2D eigenvalue weighted by molar-refractivity contribution is 5.89. The van der Waals surface area contributed by atoms with Gasteiger partial charge in [-0.05, 0) is 31.0 Å². The molecule has 0 spiro atoms. The third kappa shape index (κ3) is 3.75. The number of hydrogen-bond acceptors (Lipinski definition) is 2. The van der Waals surface area contributed by atoms with Crippen LogP contribution in [-0.2, 0) is 10.9 Å². The molecule has 0 atom stereocenters. The maximum Gasteiger partial charge on any atom is 0.416 e. The lowest BCUT2D eigenvalue weighted by Gasteiger charge is -2.11. The van der Waals surface area contributed by atoms with Gasteiger partial charge in [-0.1, -0.05) is 19.4 Å². The Hall–Kier alpha value is -1.52. The average molecular weight is 260 g/mol. The molecule has 0 amide bonds. The van der Waals surface area contributed by atoms with Crippen molar-refractivity contribution in [1.29, 1.82) is 0 Å². The van der Waals surface area contributed by atoms with E-state index in [-0.39, 0.29) is 17.7 Å². The van der Waals surface area contributed by atoms with E-state index in [9.17, 15) is 18.0 Å². The SMILES string of the molecule is CCCCOC(=O)c1ccc(C)c(C(F)(F)F)c1. The average Bonchev–Trinajstić information content (AvgIpc) is 2.28. The lowest BCUT2D eigenvalue weighted by molar-refractivity contribution is -0.138. The summed E-state index contributed by atoms with van der Waals surface area (Å²) in [5.74, 6) is -0.714. The van der Waals surface area contributed by atoms with Crippen LogP contribution < -0.4 is 0 Å². The van der Waals surface area contributed by atoms with E-state index in [0.717, 1.165) is 12.5 Å². The fourth-order valence-electron chi connectivity index (χ4n) is 1.45. The molecule has 0 N–H and O–H groups in total. The molecule has 0 radical (unpaired) electrons. The summed E-state index contributed by atoms with van der Waals surface area (Å²) < 4.78 is 42.8. The first-order chi connectivity index (χ1) is 8.36. The van der Waals surface area contributed by atoms with Gasteiger partial charge in [0.1, 0.15) is 0 Å². The fourth-order valence-corrected chi connectivity index (χ4v) is 1.45. The van der Waals surface area contributed by atoms with E-state index in [1.165, 1.54) is 19.1 Å². The number of carbonyl (C=O) groups is 1. The van der Waals surface area contributed by atoms with E-state index in [0.29, 0.717) is 6.42 Å². The molecule has 0 aromatic heterocycles. The molecule has 5 heteroatoms. The monoisotopic (exact) mass is 260 g/mol. The molecular formula is C13H15F3O2. The third-order valence-corrected chi connectivity index (χ3v) is 2.51. The van der Waals surface area contributed by atoms with E-state index < -0.39 is 17.7 Å². The van der Waals surface area contributed by atoms with Crippen LogP contribution in [0, 0.1) is 6.92 Å². The van der Waals surface area contributed by atoms with Gasteiger partial charge < -0.3 is 4.74 Å². The summed E-state index contributed by atoms with van der Waals surface area (Å²) in [5, 5.41) is 0. The van der Waals surface area contributed by atoms with Gasteiger partial charge in [0.15, 0.2) is 0 Å². The van der Waals surface area contributed by atoms with Gasteiger partial charge in [0.05, 0.1) is 17.7 Å². The molecule has 0 bridgehead atoms. The Morgan fingerprint density at radius 3 is 2.56 bits per heavy atom. The number of carbonyl (C=O) groups excluding carboxylic acids is 1. The predicted octanol–water partition coefficient (Wildman–Crippen LogP) is 3.97. The van der Waals surface area contributed by atoms with Crippen LogP contribution in [0.1, 0.15) is 41.3 Å². The zero-order chi connectivity index (χ0) is 13.8. The number of unbranched alkanes of at least 4 members (excludes halogenated alkanes) is 1. The van der Waals surface area contributed by atoms with Gasteiger partial charge in [0.2, 0.25) is 0 Å². The lowest BCUT2D eigenvalue weighted by Crippen LogP contribution is -2.11. The van der Waals surface area contributed by atoms with Crippen molar-refractivity contribution < 1.29 is 22.7 Å². The van der Waals surface area contributed by atoms with Crippen molar-refractivity contribution in [1.82, 2.24) is 0 Å². The molecule has 0 saturated carbocycles. The van der Waals surface area contributed by atoms with Crippen molar-refractivity contribution in [2.75, 3.05) is 6.61 Å². The van der Waals surface area contributed by atoms with Gasteiger partial charge in [0, 0.05) is 0 Å². The van der Waals surface area contributed by atoms with Crippen molar-refractivity contribution in [3.63, 3.8) is 0 Å². The minimum Gasteiger partial charge on any atom is -0.462 e. The fraction of sp³-hybridized carbons (Fsp3) is 0.462. The van der Waals surface area contributed by atoms with Gasteiger partial charge >= 0.3 is 12.1 Å². The van der Waals surface area contributed by atoms with Crippen LogP contribution in [0.5, 0.6) is 0 Å². The first-order valence-corrected chi connectivity index (χ1v) is 5.71. The molecule has 0 saturated heterocycles. The number of benzene rings is 1. The zero-order valence-electron chi connectivity index (χ0n) is 10.3. The number of alkyl halides is 3. The quantitative estimate of drug-likeness (QED) is 0.604.